The molecule has 1 atom stereocenters. The van der Waals surface area contributed by atoms with Crippen molar-refractivity contribution in [1.82, 2.24) is 0 Å². The van der Waals surface area contributed by atoms with E-state index in [1.165, 1.54) is 19.2 Å². The van der Waals surface area contributed by atoms with Crippen LogP contribution in [0.3, 0.4) is 0 Å². The monoisotopic (exact) mass is 284 g/mol. The molecule has 0 aliphatic carbocycles. The van der Waals surface area contributed by atoms with E-state index in [1.54, 1.807) is 0 Å². The zero-order valence-electron chi connectivity index (χ0n) is 8.54. The molecule has 0 saturated heterocycles. The molecule has 0 fully saturated rings. The highest BCUT2D eigenvalue weighted by Gasteiger charge is 2.11. The molecule has 0 amide bonds. The smallest absolute Gasteiger partial charge is 0.156 e. The van der Waals surface area contributed by atoms with Crippen LogP contribution >= 0.6 is 34.8 Å². The Balaban J connectivity index is 2.67. The van der Waals surface area contributed by atoms with E-state index < -0.39 is 6.10 Å². The van der Waals surface area contributed by atoms with Crippen LogP contribution in [0.25, 0.3) is 0 Å². The number of hydrogen-bond donors (Lipinski definition) is 1. The lowest BCUT2D eigenvalue weighted by Gasteiger charge is -2.13. The van der Waals surface area contributed by atoms with Gasteiger partial charge >= 0.3 is 0 Å². The van der Waals surface area contributed by atoms with Crippen LogP contribution in [0.4, 0.5) is 0 Å². The SMILES string of the molecule is COCC(O)COc1c(Cl)cc(Cl)cc1Cl. The lowest BCUT2D eigenvalue weighted by molar-refractivity contribution is 0.0326. The second-order valence-corrected chi connectivity index (χ2v) is 4.37. The molecule has 0 aliphatic rings. The van der Waals surface area contributed by atoms with Crippen molar-refractivity contribution >= 4 is 34.8 Å². The van der Waals surface area contributed by atoms with Gasteiger partial charge in [-0.3, -0.25) is 0 Å². The van der Waals surface area contributed by atoms with E-state index in [0.29, 0.717) is 20.8 Å². The fourth-order valence-electron chi connectivity index (χ4n) is 1.09. The molecule has 90 valence electrons. The Kier molecular flexibility index (Phi) is 5.66. The van der Waals surface area contributed by atoms with E-state index in [9.17, 15) is 5.11 Å². The molecular weight excluding hydrogens is 274 g/mol. The van der Waals surface area contributed by atoms with Crippen LogP contribution in [-0.4, -0.2) is 31.5 Å². The third-order valence-corrected chi connectivity index (χ3v) is 2.52. The van der Waals surface area contributed by atoms with Crippen LogP contribution in [-0.2, 0) is 4.74 Å². The summed E-state index contributed by atoms with van der Waals surface area (Å²) < 4.78 is 10.0. The van der Waals surface area contributed by atoms with Crippen LogP contribution in [0, 0.1) is 0 Å². The Hall–Kier alpha value is -0.190. The molecule has 0 spiro atoms. The van der Waals surface area contributed by atoms with E-state index in [-0.39, 0.29) is 13.2 Å². The Bertz CT molecular complexity index is 334. The predicted octanol–water partition coefficient (Wildman–Crippen LogP) is 3.03. The maximum atomic E-state index is 9.38. The van der Waals surface area contributed by atoms with Gasteiger partial charge in [0, 0.05) is 12.1 Å². The molecule has 0 radical (unpaired) electrons. The van der Waals surface area contributed by atoms with Gasteiger partial charge in [-0.05, 0) is 12.1 Å². The summed E-state index contributed by atoms with van der Waals surface area (Å²) >= 11 is 17.5. The van der Waals surface area contributed by atoms with Crippen molar-refractivity contribution in [3.63, 3.8) is 0 Å². The normalized spacial score (nSPS) is 12.6. The molecule has 1 aromatic carbocycles. The number of ether oxygens (including phenoxy) is 2. The van der Waals surface area contributed by atoms with Gasteiger partial charge in [-0.25, -0.2) is 0 Å². The Labute approximate surface area is 109 Å². The molecule has 1 N–H and O–H groups in total. The van der Waals surface area contributed by atoms with Crippen LogP contribution in [0.2, 0.25) is 15.1 Å². The van der Waals surface area contributed by atoms with Gasteiger partial charge in [0.1, 0.15) is 12.7 Å². The summed E-state index contributed by atoms with van der Waals surface area (Å²) in [6.45, 7) is 0.234. The second-order valence-electron chi connectivity index (χ2n) is 3.12. The van der Waals surface area contributed by atoms with Gasteiger partial charge in [0.2, 0.25) is 0 Å². The predicted molar refractivity (Wildman–Crippen MR) is 64.8 cm³/mol. The van der Waals surface area contributed by atoms with Crippen molar-refractivity contribution in [2.45, 2.75) is 6.10 Å². The maximum Gasteiger partial charge on any atom is 0.156 e. The van der Waals surface area contributed by atoms with E-state index >= 15 is 0 Å². The van der Waals surface area contributed by atoms with Crippen molar-refractivity contribution in [2.24, 2.45) is 0 Å². The minimum Gasteiger partial charge on any atom is -0.488 e. The summed E-state index contributed by atoms with van der Waals surface area (Å²) in [4.78, 5) is 0. The van der Waals surface area contributed by atoms with Crippen LogP contribution in [0.5, 0.6) is 5.75 Å². The number of aliphatic hydroxyl groups excluding tert-OH is 1. The molecule has 0 heterocycles. The second kappa shape index (κ2) is 6.52. The number of methoxy groups -OCH3 is 1. The lowest BCUT2D eigenvalue weighted by atomic mass is 10.3. The molecule has 0 aliphatic heterocycles. The van der Waals surface area contributed by atoms with Crippen molar-refractivity contribution in [3.05, 3.63) is 27.2 Å². The number of hydrogen-bond acceptors (Lipinski definition) is 3. The van der Waals surface area contributed by atoms with Gasteiger partial charge in [0.05, 0.1) is 16.7 Å². The minimum atomic E-state index is -0.729. The summed E-state index contributed by atoms with van der Waals surface area (Å²) in [5.74, 6) is 0.308. The first kappa shape index (κ1) is 13.9. The molecule has 0 aromatic heterocycles. The first-order valence-electron chi connectivity index (χ1n) is 4.49. The molecule has 3 nitrogen and oxygen atoms in total. The van der Waals surface area contributed by atoms with E-state index in [2.05, 4.69) is 0 Å². The third kappa shape index (κ3) is 4.00. The zero-order chi connectivity index (χ0) is 12.1. The van der Waals surface area contributed by atoms with E-state index in [1.807, 2.05) is 0 Å². The van der Waals surface area contributed by atoms with Crippen LogP contribution in [0.15, 0.2) is 12.1 Å². The first-order chi connectivity index (χ1) is 7.54. The van der Waals surface area contributed by atoms with Crippen LogP contribution in [0.1, 0.15) is 0 Å². The quantitative estimate of drug-likeness (QED) is 0.904. The number of rotatable bonds is 5. The average molecular weight is 286 g/mol. The summed E-state index contributed by atoms with van der Waals surface area (Å²) in [6, 6.07) is 3.04. The fourth-order valence-corrected chi connectivity index (χ4v) is 2.01. The van der Waals surface area contributed by atoms with E-state index in [0.717, 1.165) is 0 Å². The zero-order valence-corrected chi connectivity index (χ0v) is 10.8. The van der Waals surface area contributed by atoms with Gasteiger partial charge < -0.3 is 14.6 Å². The fraction of sp³-hybridized carbons (Fsp3) is 0.400. The van der Waals surface area contributed by atoms with Crippen molar-refractivity contribution in [3.8, 4) is 5.75 Å². The van der Waals surface area contributed by atoms with Crippen molar-refractivity contribution in [1.29, 1.82) is 0 Å². The average Bonchev–Trinajstić information content (AvgIpc) is 2.16. The van der Waals surface area contributed by atoms with Gasteiger partial charge in [-0.2, -0.15) is 0 Å². The lowest BCUT2D eigenvalue weighted by Crippen LogP contribution is -2.22. The molecular formula is C10H11Cl3O3. The molecule has 1 unspecified atom stereocenters. The minimum absolute atomic E-state index is 0.0505. The summed E-state index contributed by atoms with van der Waals surface area (Å²) in [7, 11) is 1.49. The third-order valence-electron chi connectivity index (χ3n) is 1.74. The highest BCUT2D eigenvalue weighted by atomic mass is 35.5. The molecule has 1 rings (SSSR count). The highest BCUT2D eigenvalue weighted by molar-refractivity contribution is 6.40. The van der Waals surface area contributed by atoms with E-state index in [4.69, 9.17) is 44.3 Å². The standard InChI is InChI=1S/C10H11Cl3O3/c1-15-4-7(14)5-16-10-8(12)2-6(11)3-9(10)13/h2-3,7,14H,4-5H2,1H3. The first-order valence-corrected chi connectivity index (χ1v) is 5.62. The largest absolute Gasteiger partial charge is 0.488 e. The summed E-state index contributed by atoms with van der Waals surface area (Å²) in [5.41, 5.74) is 0. The summed E-state index contributed by atoms with van der Waals surface area (Å²) in [6.07, 6.45) is -0.729. The highest BCUT2D eigenvalue weighted by Crippen LogP contribution is 2.35. The number of benzene rings is 1. The molecule has 6 heteroatoms. The Morgan fingerprint density at radius 3 is 2.25 bits per heavy atom. The molecule has 0 bridgehead atoms. The van der Waals surface area contributed by atoms with Gasteiger partial charge in [0.25, 0.3) is 0 Å². The topological polar surface area (TPSA) is 38.7 Å². The number of halogens is 3. The summed E-state index contributed by atoms with van der Waals surface area (Å²) in [5, 5.41) is 10.4. The van der Waals surface area contributed by atoms with Gasteiger partial charge in [-0.15, -0.1) is 0 Å². The maximum absolute atomic E-state index is 9.38. The molecule has 16 heavy (non-hydrogen) atoms. The van der Waals surface area contributed by atoms with Gasteiger partial charge in [-0.1, -0.05) is 34.8 Å². The Morgan fingerprint density at radius 2 is 1.75 bits per heavy atom. The number of aliphatic hydroxyl groups is 1. The molecule has 0 saturated carbocycles. The van der Waals surface area contributed by atoms with Crippen molar-refractivity contribution in [2.75, 3.05) is 20.3 Å². The molecule has 1 aromatic rings. The Morgan fingerprint density at radius 1 is 1.19 bits per heavy atom. The van der Waals surface area contributed by atoms with Crippen LogP contribution < -0.4 is 4.74 Å². The van der Waals surface area contributed by atoms with Gasteiger partial charge in [0.15, 0.2) is 5.75 Å². The van der Waals surface area contributed by atoms with Crippen molar-refractivity contribution < 1.29 is 14.6 Å².